The second-order valence-electron chi connectivity index (χ2n) is 8.43. The van der Waals surface area contributed by atoms with E-state index < -0.39 is 0 Å². The third-order valence-corrected chi connectivity index (χ3v) is 5.49. The lowest BCUT2D eigenvalue weighted by molar-refractivity contribution is 0.309. The molecule has 2 aromatic carbocycles. The van der Waals surface area contributed by atoms with Gasteiger partial charge in [0.25, 0.3) is 0 Å². The Kier molecular flexibility index (Phi) is 5.90. The molecule has 0 spiro atoms. The number of methoxy groups -OCH3 is 2. The lowest BCUT2D eigenvalue weighted by Crippen LogP contribution is -2.31. The van der Waals surface area contributed by atoms with Crippen LogP contribution in [0.5, 0.6) is 17.2 Å². The van der Waals surface area contributed by atoms with E-state index in [1.54, 1.807) is 14.2 Å². The monoisotopic (exact) mass is 383 g/mol. The number of rotatable bonds is 5. The standard InChI is InChI=1S/C24H33NO3/c1-8-28-22-14-18-16(12-21(22)27-7)9-10-25-23(18)17-13-19(24(3,4)5)20(26-6)11-15(17)2/h11-14,23,25H,8-10H2,1-7H3. The van der Waals surface area contributed by atoms with Crippen LogP contribution in [0, 0.1) is 6.92 Å². The number of hydrogen-bond acceptors (Lipinski definition) is 4. The van der Waals surface area contributed by atoms with Crippen LogP contribution in [0.3, 0.4) is 0 Å². The Morgan fingerprint density at radius 1 is 0.964 bits per heavy atom. The van der Waals surface area contributed by atoms with Crippen molar-refractivity contribution in [2.24, 2.45) is 0 Å². The maximum Gasteiger partial charge on any atom is 0.161 e. The smallest absolute Gasteiger partial charge is 0.161 e. The molecular formula is C24H33NO3. The van der Waals surface area contributed by atoms with Gasteiger partial charge < -0.3 is 19.5 Å². The minimum atomic E-state index is 0.00167. The molecule has 0 bridgehead atoms. The summed E-state index contributed by atoms with van der Waals surface area (Å²) in [6.45, 7) is 12.4. The lowest BCUT2D eigenvalue weighted by atomic mass is 9.81. The zero-order valence-corrected chi connectivity index (χ0v) is 18.2. The largest absolute Gasteiger partial charge is 0.496 e. The molecule has 1 N–H and O–H groups in total. The zero-order chi connectivity index (χ0) is 20.5. The molecule has 28 heavy (non-hydrogen) atoms. The fourth-order valence-corrected chi connectivity index (χ4v) is 4.03. The van der Waals surface area contributed by atoms with Crippen molar-refractivity contribution >= 4 is 0 Å². The molecule has 0 saturated heterocycles. The summed E-state index contributed by atoms with van der Waals surface area (Å²) in [6.07, 6.45) is 0.982. The van der Waals surface area contributed by atoms with Crippen molar-refractivity contribution in [1.29, 1.82) is 0 Å². The van der Waals surface area contributed by atoms with Crippen LogP contribution in [0.15, 0.2) is 24.3 Å². The summed E-state index contributed by atoms with van der Waals surface area (Å²) in [5, 5.41) is 3.72. The minimum absolute atomic E-state index is 0.00167. The maximum atomic E-state index is 5.85. The van der Waals surface area contributed by atoms with Crippen LogP contribution in [0.2, 0.25) is 0 Å². The highest BCUT2D eigenvalue weighted by Crippen LogP contribution is 2.41. The average Bonchev–Trinajstić information content (AvgIpc) is 2.66. The van der Waals surface area contributed by atoms with Gasteiger partial charge in [-0.25, -0.2) is 0 Å². The Hall–Kier alpha value is -2.20. The van der Waals surface area contributed by atoms with Gasteiger partial charge in [0.2, 0.25) is 0 Å². The van der Waals surface area contributed by atoms with Crippen LogP contribution in [-0.4, -0.2) is 27.4 Å². The molecule has 1 unspecified atom stereocenters. The Balaban J connectivity index is 2.15. The molecule has 0 amide bonds. The van der Waals surface area contributed by atoms with E-state index in [-0.39, 0.29) is 11.5 Å². The van der Waals surface area contributed by atoms with Crippen molar-refractivity contribution in [3.63, 3.8) is 0 Å². The van der Waals surface area contributed by atoms with E-state index in [2.05, 4.69) is 57.3 Å². The van der Waals surface area contributed by atoms with Gasteiger partial charge in [-0.15, -0.1) is 0 Å². The molecule has 2 aromatic rings. The molecule has 4 nitrogen and oxygen atoms in total. The second kappa shape index (κ2) is 8.04. The SMILES string of the molecule is CCOc1cc2c(cc1OC)CCNC2c1cc(C(C)(C)C)c(OC)cc1C. The molecular weight excluding hydrogens is 350 g/mol. The third kappa shape index (κ3) is 3.83. The normalized spacial score (nSPS) is 16.5. The van der Waals surface area contributed by atoms with Gasteiger partial charge in [0.05, 0.1) is 26.9 Å². The molecule has 0 radical (unpaired) electrons. The number of ether oxygens (including phenoxy) is 3. The fourth-order valence-electron chi connectivity index (χ4n) is 4.03. The van der Waals surface area contributed by atoms with Crippen LogP contribution in [0.25, 0.3) is 0 Å². The van der Waals surface area contributed by atoms with E-state index in [1.165, 1.54) is 27.8 Å². The van der Waals surface area contributed by atoms with Crippen LogP contribution in [0.4, 0.5) is 0 Å². The molecule has 0 aliphatic carbocycles. The van der Waals surface area contributed by atoms with Crippen LogP contribution in [-0.2, 0) is 11.8 Å². The van der Waals surface area contributed by atoms with Crippen molar-refractivity contribution in [1.82, 2.24) is 5.32 Å². The molecule has 1 atom stereocenters. The van der Waals surface area contributed by atoms with Gasteiger partial charge in [-0.3, -0.25) is 0 Å². The summed E-state index contributed by atoms with van der Waals surface area (Å²) in [5.74, 6) is 2.57. The Morgan fingerprint density at radius 2 is 1.68 bits per heavy atom. The molecule has 4 heteroatoms. The van der Waals surface area contributed by atoms with Crippen LogP contribution >= 0.6 is 0 Å². The summed E-state index contributed by atoms with van der Waals surface area (Å²) in [5.41, 5.74) is 6.33. The summed E-state index contributed by atoms with van der Waals surface area (Å²) in [6, 6.07) is 8.89. The first-order chi connectivity index (χ1) is 13.3. The van der Waals surface area contributed by atoms with Crippen molar-refractivity contribution in [2.75, 3.05) is 27.4 Å². The quantitative estimate of drug-likeness (QED) is 0.793. The van der Waals surface area contributed by atoms with Gasteiger partial charge in [0.1, 0.15) is 5.75 Å². The predicted molar refractivity (Wildman–Crippen MR) is 114 cm³/mol. The fraction of sp³-hybridized carbons (Fsp3) is 0.500. The van der Waals surface area contributed by atoms with E-state index in [9.17, 15) is 0 Å². The van der Waals surface area contributed by atoms with E-state index in [1.807, 2.05) is 6.92 Å². The van der Waals surface area contributed by atoms with Gasteiger partial charge in [-0.05, 0) is 77.8 Å². The lowest BCUT2D eigenvalue weighted by Gasteiger charge is -2.31. The first kappa shape index (κ1) is 20.5. The summed E-state index contributed by atoms with van der Waals surface area (Å²) in [7, 11) is 3.45. The summed E-state index contributed by atoms with van der Waals surface area (Å²) >= 11 is 0. The Bertz CT molecular complexity index is 852. The molecule has 1 aliphatic heterocycles. The van der Waals surface area contributed by atoms with Crippen molar-refractivity contribution in [3.8, 4) is 17.2 Å². The highest BCUT2D eigenvalue weighted by Gasteiger charge is 2.28. The first-order valence-corrected chi connectivity index (χ1v) is 10.1. The number of hydrogen-bond donors (Lipinski definition) is 1. The molecule has 0 fully saturated rings. The van der Waals surface area contributed by atoms with Crippen molar-refractivity contribution < 1.29 is 14.2 Å². The van der Waals surface area contributed by atoms with Gasteiger partial charge in [-0.2, -0.15) is 0 Å². The molecule has 0 saturated carbocycles. The minimum Gasteiger partial charge on any atom is -0.496 e. The Labute approximate surface area is 169 Å². The molecule has 3 rings (SSSR count). The molecule has 152 valence electrons. The molecule has 0 aromatic heterocycles. The second-order valence-corrected chi connectivity index (χ2v) is 8.43. The highest BCUT2D eigenvalue weighted by molar-refractivity contribution is 5.54. The average molecular weight is 384 g/mol. The van der Waals surface area contributed by atoms with E-state index in [4.69, 9.17) is 14.2 Å². The first-order valence-electron chi connectivity index (χ1n) is 10.1. The predicted octanol–water partition coefficient (Wildman–Crippen LogP) is 4.94. The number of nitrogens with one attached hydrogen (secondary N) is 1. The van der Waals surface area contributed by atoms with Crippen LogP contribution in [0.1, 0.15) is 61.6 Å². The number of fused-ring (bicyclic) bond motifs is 1. The summed E-state index contributed by atoms with van der Waals surface area (Å²) in [4.78, 5) is 0. The van der Waals surface area contributed by atoms with Crippen LogP contribution < -0.4 is 19.5 Å². The summed E-state index contributed by atoms with van der Waals surface area (Å²) < 4.78 is 17.1. The van der Waals surface area contributed by atoms with E-state index >= 15 is 0 Å². The number of aryl methyl sites for hydroxylation is 1. The van der Waals surface area contributed by atoms with E-state index in [0.29, 0.717) is 6.61 Å². The highest BCUT2D eigenvalue weighted by atomic mass is 16.5. The van der Waals surface area contributed by atoms with Gasteiger partial charge in [0.15, 0.2) is 11.5 Å². The van der Waals surface area contributed by atoms with Gasteiger partial charge in [-0.1, -0.05) is 20.8 Å². The van der Waals surface area contributed by atoms with Crippen molar-refractivity contribution in [2.45, 2.75) is 52.5 Å². The van der Waals surface area contributed by atoms with Gasteiger partial charge >= 0.3 is 0 Å². The number of benzene rings is 2. The Morgan fingerprint density at radius 3 is 2.29 bits per heavy atom. The third-order valence-electron chi connectivity index (χ3n) is 5.49. The molecule has 1 aliphatic rings. The zero-order valence-electron chi connectivity index (χ0n) is 18.2. The van der Waals surface area contributed by atoms with E-state index in [0.717, 1.165) is 30.2 Å². The maximum absolute atomic E-state index is 5.85. The van der Waals surface area contributed by atoms with Crippen molar-refractivity contribution in [3.05, 3.63) is 52.1 Å². The topological polar surface area (TPSA) is 39.7 Å². The van der Waals surface area contributed by atoms with Gasteiger partial charge in [0, 0.05) is 6.54 Å². The molecule has 1 heterocycles.